The molecule has 338 valence electrons. The van der Waals surface area contributed by atoms with E-state index in [1.54, 1.807) is 76.2 Å². The highest BCUT2D eigenvalue weighted by Crippen LogP contribution is 2.43. The third-order valence-electron chi connectivity index (χ3n) is 10.3. The highest BCUT2D eigenvalue weighted by molar-refractivity contribution is 6.32. The van der Waals surface area contributed by atoms with E-state index in [1.807, 2.05) is 0 Å². The van der Waals surface area contributed by atoms with Gasteiger partial charge in [-0.3, -0.25) is 0 Å². The molecule has 0 saturated carbocycles. The van der Waals surface area contributed by atoms with E-state index in [9.17, 15) is 19.2 Å². The molecule has 2 unspecified atom stereocenters. The summed E-state index contributed by atoms with van der Waals surface area (Å²) in [6.45, 7) is 11.2. The van der Waals surface area contributed by atoms with Gasteiger partial charge in [0.05, 0.1) is 99.4 Å². The van der Waals surface area contributed by atoms with Crippen molar-refractivity contribution in [2.45, 2.75) is 65.2 Å². The third-order valence-corrected chi connectivity index (χ3v) is 11.0. The molecule has 14 nitrogen and oxygen atoms in total. The van der Waals surface area contributed by atoms with Crippen LogP contribution >= 0.6 is 23.2 Å². The molecule has 62 heavy (non-hydrogen) atoms. The van der Waals surface area contributed by atoms with Gasteiger partial charge in [-0.1, -0.05) is 72.4 Å². The van der Waals surface area contributed by atoms with Gasteiger partial charge in [0.1, 0.15) is 0 Å². The summed E-state index contributed by atoms with van der Waals surface area (Å²) in [5.41, 5.74) is 4.35. The number of benzene rings is 2. The molecule has 0 amide bonds. The zero-order valence-electron chi connectivity index (χ0n) is 36.5. The first-order valence-electron chi connectivity index (χ1n) is 21.0. The van der Waals surface area contributed by atoms with Crippen LogP contribution in [0.15, 0.2) is 93.6 Å². The Labute approximate surface area is 374 Å². The Morgan fingerprint density at radius 3 is 1.31 bits per heavy atom. The Morgan fingerprint density at radius 1 is 0.565 bits per heavy atom. The number of unbranched alkanes of at least 4 members (excludes halogenated alkanes) is 3. The number of allylic oxidation sites excluding steroid dienone is 2. The van der Waals surface area contributed by atoms with Crippen LogP contribution in [-0.2, 0) is 47.6 Å². The van der Waals surface area contributed by atoms with Crippen LogP contribution in [0.25, 0.3) is 0 Å². The van der Waals surface area contributed by atoms with Crippen LogP contribution < -0.4 is 21.3 Å². The molecule has 0 saturated heterocycles. The first-order valence-corrected chi connectivity index (χ1v) is 21.7. The smallest absolute Gasteiger partial charge is 0.336 e. The molecular formula is C46H60Cl2N4O10. The highest BCUT2D eigenvalue weighted by atomic mass is 35.5. The minimum Gasteiger partial charge on any atom is -0.466 e. The fourth-order valence-electron chi connectivity index (χ4n) is 7.46. The van der Waals surface area contributed by atoms with E-state index < -0.39 is 35.7 Å². The maximum atomic E-state index is 13.4. The van der Waals surface area contributed by atoms with Gasteiger partial charge in [-0.2, -0.15) is 0 Å². The summed E-state index contributed by atoms with van der Waals surface area (Å²) < 4.78 is 33.0. The summed E-state index contributed by atoms with van der Waals surface area (Å²) in [7, 11) is 2.60. The fraction of sp³-hybridized carbons (Fsp3) is 0.478. The summed E-state index contributed by atoms with van der Waals surface area (Å²) in [4.78, 5) is 52.7. The van der Waals surface area contributed by atoms with Gasteiger partial charge in [0.15, 0.2) is 0 Å². The molecule has 0 bridgehead atoms. The first-order chi connectivity index (χ1) is 30.0. The minimum absolute atomic E-state index is 0.100. The lowest BCUT2D eigenvalue weighted by Crippen LogP contribution is -2.35. The standard InChI is InChI=1S/C46H60Cl2N4O10/c1-7-61-45(55)41-35(51-29(3)37(43(53)57-5)39(41)31-17-11-13-19-33(31)47)27-59-25-23-49-21-15-9-10-16-22-50-24-26-60-28-36-42(46(56)62-8-2)40(32-18-12-14-20-34(32)48)38(30(4)52-36)44(54)58-6/h11-14,17-20,39-40,49-52H,7-10,15-16,21-28H2,1-6H3. The topological polar surface area (TPSA) is 172 Å². The number of nitrogens with one attached hydrogen (secondary N) is 4. The van der Waals surface area contributed by atoms with Gasteiger partial charge in [-0.05, 0) is 76.9 Å². The lowest BCUT2D eigenvalue weighted by atomic mass is 9.80. The van der Waals surface area contributed by atoms with Gasteiger partial charge in [0.2, 0.25) is 0 Å². The largest absolute Gasteiger partial charge is 0.466 e. The van der Waals surface area contributed by atoms with Crippen molar-refractivity contribution in [3.05, 3.63) is 115 Å². The summed E-state index contributed by atoms with van der Waals surface area (Å²) in [6, 6.07) is 14.2. The Balaban J connectivity index is 1.17. The minimum atomic E-state index is -0.798. The summed E-state index contributed by atoms with van der Waals surface area (Å²) >= 11 is 13.2. The fourth-order valence-corrected chi connectivity index (χ4v) is 7.95. The number of rotatable bonds is 25. The molecule has 2 heterocycles. The Kier molecular flexibility index (Phi) is 21.0. The molecule has 16 heteroatoms. The van der Waals surface area contributed by atoms with Crippen molar-refractivity contribution in [3.8, 4) is 0 Å². The molecule has 2 aromatic carbocycles. The van der Waals surface area contributed by atoms with E-state index in [1.165, 1.54) is 14.2 Å². The van der Waals surface area contributed by atoms with Crippen LogP contribution in [-0.4, -0.2) is 104 Å². The van der Waals surface area contributed by atoms with Crippen molar-refractivity contribution in [2.24, 2.45) is 0 Å². The van der Waals surface area contributed by atoms with Gasteiger partial charge in [-0.25, -0.2) is 19.2 Å². The second kappa shape index (κ2) is 26.0. The monoisotopic (exact) mass is 898 g/mol. The Morgan fingerprint density at radius 2 is 0.952 bits per heavy atom. The highest BCUT2D eigenvalue weighted by Gasteiger charge is 2.41. The van der Waals surface area contributed by atoms with E-state index >= 15 is 0 Å². The zero-order valence-corrected chi connectivity index (χ0v) is 38.0. The summed E-state index contributed by atoms with van der Waals surface area (Å²) in [5, 5.41) is 14.0. The number of carbonyl (C=O) groups excluding carboxylic acids is 4. The molecular weight excluding hydrogens is 839 g/mol. The molecule has 0 fully saturated rings. The van der Waals surface area contributed by atoms with E-state index in [2.05, 4.69) is 21.3 Å². The molecule has 2 aromatic rings. The molecule has 2 aliphatic rings. The zero-order chi connectivity index (χ0) is 45.0. The van der Waals surface area contributed by atoms with Gasteiger partial charge in [0, 0.05) is 34.5 Å². The van der Waals surface area contributed by atoms with Crippen molar-refractivity contribution in [2.75, 3.05) is 80.0 Å². The number of carbonyl (C=O) groups is 4. The van der Waals surface area contributed by atoms with E-state index in [0.29, 0.717) is 70.3 Å². The molecule has 0 radical (unpaired) electrons. The van der Waals surface area contributed by atoms with Crippen LogP contribution in [0, 0.1) is 0 Å². The second-order valence-corrected chi connectivity index (χ2v) is 15.3. The molecule has 0 aliphatic carbocycles. The number of ether oxygens (including phenoxy) is 6. The van der Waals surface area contributed by atoms with Crippen molar-refractivity contribution >= 4 is 47.1 Å². The quantitative estimate of drug-likeness (QED) is 0.0493. The third kappa shape index (κ3) is 13.4. The van der Waals surface area contributed by atoms with Gasteiger partial charge >= 0.3 is 23.9 Å². The van der Waals surface area contributed by atoms with Crippen LogP contribution in [0.4, 0.5) is 0 Å². The number of hydrogen-bond donors (Lipinski definition) is 4. The van der Waals surface area contributed by atoms with Crippen LogP contribution in [0.5, 0.6) is 0 Å². The number of esters is 4. The van der Waals surface area contributed by atoms with Gasteiger partial charge in [0.25, 0.3) is 0 Å². The molecule has 0 spiro atoms. The Bertz CT molecular complexity index is 1870. The Hall–Kier alpha value is -4.70. The maximum absolute atomic E-state index is 13.4. The van der Waals surface area contributed by atoms with Gasteiger partial charge in [-0.15, -0.1) is 0 Å². The van der Waals surface area contributed by atoms with E-state index in [-0.39, 0.29) is 48.7 Å². The molecule has 4 N–H and O–H groups in total. The van der Waals surface area contributed by atoms with Gasteiger partial charge < -0.3 is 49.7 Å². The molecule has 2 atom stereocenters. The summed E-state index contributed by atoms with van der Waals surface area (Å²) in [5.74, 6) is -3.87. The van der Waals surface area contributed by atoms with Crippen LogP contribution in [0.3, 0.4) is 0 Å². The number of dihydropyridines is 2. The van der Waals surface area contributed by atoms with E-state index in [0.717, 1.165) is 38.8 Å². The van der Waals surface area contributed by atoms with Crippen molar-refractivity contribution in [1.82, 2.24) is 21.3 Å². The van der Waals surface area contributed by atoms with Crippen molar-refractivity contribution < 1.29 is 47.6 Å². The second-order valence-electron chi connectivity index (χ2n) is 14.5. The predicted octanol–water partition coefficient (Wildman–Crippen LogP) is 6.37. The van der Waals surface area contributed by atoms with Crippen molar-refractivity contribution in [3.63, 3.8) is 0 Å². The summed E-state index contributed by atoms with van der Waals surface area (Å²) in [6.07, 6.45) is 4.14. The number of halogens is 2. The SMILES string of the molecule is CCOC(=O)C1=C(COCCNCCCCCCNCCOCC2=C(C(=O)OCC)C(c3ccccc3Cl)C(C(=O)OC)=C(C)N2)NC(C)=C(C(=O)OC)C1c1ccccc1Cl. The molecule has 4 rings (SSSR count). The lowest BCUT2D eigenvalue weighted by Gasteiger charge is -2.31. The average Bonchev–Trinajstić information content (AvgIpc) is 3.25. The average molecular weight is 900 g/mol. The maximum Gasteiger partial charge on any atom is 0.336 e. The van der Waals surface area contributed by atoms with E-state index in [4.69, 9.17) is 51.6 Å². The molecule has 0 aromatic heterocycles. The lowest BCUT2D eigenvalue weighted by molar-refractivity contribution is -0.140. The predicted molar refractivity (Wildman–Crippen MR) is 237 cm³/mol. The molecule has 2 aliphatic heterocycles. The van der Waals surface area contributed by atoms with Crippen LogP contribution in [0.2, 0.25) is 10.0 Å². The number of hydrogen-bond acceptors (Lipinski definition) is 14. The number of methoxy groups -OCH3 is 2. The van der Waals surface area contributed by atoms with Crippen LogP contribution in [0.1, 0.15) is 76.3 Å². The van der Waals surface area contributed by atoms with Crippen molar-refractivity contribution in [1.29, 1.82) is 0 Å². The normalized spacial score (nSPS) is 16.5. The first kappa shape index (κ1) is 50.0.